The lowest BCUT2D eigenvalue weighted by Crippen LogP contribution is -2.40. The van der Waals surface area contributed by atoms with Crippen LogP contribution in [0.4, 0.5) is 0 Å². The SMILES string of the molecule is CCOc1nc(=O)n(-c2ccc(Cl)cc2Cl)c(=O)n1C. The first-order chi connectivity index (χ1) is 9.45. The van der Waals surface area contributed by atoms with E-state index in [1.807, 2.05) is 0 Å². The van der Waals surface area contributed by atoms with Gasteiger partial charge in [-0.2, -0.15) is 0 Å². The minimum absolute atomic E-state index is 0.0381. The van der Waals surface area contributed by atoms with Crippen molar-refractivity contribution in [1.82, 2.24) is 14.1 Å². The van der Waals surface area contributed by atoms with Crippen LogP contribution in [-0.2, 0) is 7.05 Å². The van der Waals surface area contributed by atoms with Gasteiger partial charge in [0.2, 0.25) is 0 Å². The zero-order valence-corrected chi connectivity index (χ0v) is 12.3. The average molecular weight is 316 g/mol. The monoisotopic (exact) mass is 315 g/mol. The van der Waals surface area contributed by atoms with Crippen molar-refractivity contribution >= 4 is 23.2 Å². The summed E-state index contributed by atoms with van der Waals surface area (Å²) in [5.41, 5.74) is -1.14. The van der Waals surface area contributed by atoms with E-state index < -0.39 is 11.4 Å². The molecule has 1 aromatic heterocycles. The molecule has 0 saturated heterocycles. The maximum Gasteiger partial charge on any atom is 0.360 e. The van der Waals surface area contributed by atoms with Crippen LogP contribution in [0.5, 0.6) is 6.01 Å². The van der Waals surface area contributed by atoms with E-state index in [-0.39, 0.29) is 16.7 Å². The second-order valence-corrected chi connectivity index (χ2v) is 4.73. The molecule has 1 aromatic carbocycles. The van der Waals surface area contributed by atoms with Crippen LogP contribution in [-0.4, -0.2) is 20.7 Å². The minimum Gasteiger partial charge on any atom is -0.465 e. The highest BCUT2D eigenvalue weighted by Crippen LogP contribution is 2.22. The van der Waals surface area contributed by atoms with Gasteiger partial charge < -0.3 is 4.74 Å². The summed E-state index contributed by atoms with van der Waals surface area (Å²) in [4.78, 5) is 27.9. The molecule has 0 bridgehead atoms. The molecule has 1 heterocycles. The first-order valence-corrected chi connectivity index (χ1v) is 6.49. The second kappa shape index (κ2) is 5.68. The van der Waals surface area contributed by atoms with E-state index in [0.29, 0.717) is 11.6 Å². The third kappa shape index (κ3) is 2.57. The van der Waals surface area contributed by atoms with E-state index in [0.717, 1.165) is 9.13 Å². The van der Waals surface area contributed by atoms with Crippen LogP contribution in [0.2, 0.25) is 10.0 Å². The average Bonchev–Trinajstić information content (AvgIpc) is 2.38. The summed E-state index contributed by atoms with van der Waals surface area (Å²) < 4.78 is 7.12. The highest BCUT2D eigenvalue weighted by Gasteiger charge is 2.15. The lowest BCUT2D eigenvalue weighted by Gasteiger charge is -2.11. The van der Waals surface area contributed by atoms with Gasteiger partial charge in [0.05, 0.1) is 17.3 Å². The number of nitrogens with zero attached hydrogens (tertiary/aromatic N) is 3. The molecule has 0 radical (unpaired) electrons. The summed E-state index contributed by atoms with van der Waals surface area (Å²) in [6.07, 6.45) is 0. The van der Waals surface area contributed by atoms with Gasteiger partial charge in [0.15, 0.2) is 0 Å². The lowest BCUT2D eigenvalue weighted by atomic mass is 10.3. The van der Waals surface area contributed by atoms with Gasteiger partial charge in [-0.05, 0) is 25.1 Å². The van der Waals surface area contributed by atoms with E-state index in [1.165, 1.54) is 25.2 Å². The van der Waals surface area contributed by atoms with Gasteiger partial charge in [-0.1, -0.05) is 23.2 Å². The molecule has 2 rings (SSSR count). The van der Waals surface area contributed by atoms with Crippen LogP contribution in [0.15, 0.2) is 27.8 Å². The highest BCUT2D eigenvalue weighted by molar-refractivity contribution is 6.35. The molecule has 8 heteroatoms. The van der Waals surface area contributed by atoms with E-state index in [4.69, 9.17) is 27.9 Å². The van der Waals surface area contributed by atoms with Crippen molar-refractivity contribution < 1.29 is 4.74 Å². The van der Waals surface area contributed by atoms with Crippen LogP contribution < -0.4 is 16.1 Å². The number of benzene rings is 1. The van der Waals surface area contributed by atoms with Gasteiger partial charge in [0.25, 0.3) is 0 Å². The van der Waals surface area contributed by atoms with Crippen molar-refractivity contribution in [2.24, 2.45) is 7.05 Å². The Bertz CT molecular complexity index is 768. The first-order valence-electron chi connectivity index (χ1n) is 5.74. The van der Waals surface area contributed by atoms with Crippen molar-refractivity contribution in [3.8, 4) is 11.7 Å². The maximum atomic E-state index is 12.2. The maximum absolute atomic E-state index is 12.2. The number of ether oxygens (including phenoxy) is 1. The van der Waals surface area contributed by atoms with Crippen LogP contribution in [0.3, 0.4) is 0 Å². The van der Waals surface area contributed by atoms with Crippen molar-refractivity contribution in [3.63, 3.8) is 0 Å². The fraction of sp³-hybridized carbons (Fsp3) is 0.250. The van der Waals surface area contributed by atoms with Crippen molar-refractivity contribution in [2.45, 2.75) is 6.92 Å². The quantitative estimate of drug-likeness (QED) is 0.863. The second-order valence-electron chi connectivity index (χ2n) is 3.88. The Labute approximate surface area is 124 Å². The number of rotatable bonds is 3. The van der Waals surface area contributed by atoms with Crippen LogP contribution in [0, 0.1) is 0 Å². The molecule has 0 aliphatic rings. The van der Waals surface area contributed by atoms with Crippen molar-refractivity contribution in [1.29, 1.82) is 0 Å². The molecule has 0 atom stereocenters. The number of aromatic nitrogens is 3. The van der Waals surface area contributed by atoms with E-state index in [9.17, 15) is 9.59 Å². The summed E-state index contributed by atoms with van der Waals surface area (Å²) in [7, 11) is 1.46. The molecule has 0 saturated carbocycles. The zero-order chi connectivity index (χ0) is 14.9. The summed E-state index contributed by atoms with van der Waals surface area (Å²) in [5.74, 6) is 0. The predicted molar refractivity (Wildman–Crippen MR) is 76.3 cm³/mol. The normalized spacial score (nSPS) is 10.6. The molecule has 106 valence electrons. The van der Waals surface area contributed by atoms with Gasteiger partial charge in [0, 0.05) is 12.1 Å². The topological polar surface area (TPSA) is 66.1 Å². The van der Waals surface area contributed by atoms with Crippen molar-refractivity contribution in [2.75, 3.05) is 6.61 Å². The number of hydrogen-bond donors (Lipinski definition) is 0. The summed E-state index contributed by atoms with van der Waals surface area (Å²) in [6.45, 7) is 2.03. The molecule has 0 N–H and O–H groups in total. The third-order valence-electron chi connectivity index (χ3n) is 2.57. The summed E-state index contributed by atoms with van der Waals surface area (Å²) in [5, 5.41) is 0.588. The lowest BCUT2D eigenvalue weighted by molar-refractivity contribution is 0.289. The smallest absolute Gasteiger partial charge is 0.360 e. The first kappa shape index (κ1) is 14.6. The van der Waals surface area contributed by atoms with E-state index in [2.05, 4.69) is 4.98 Å². The Balaban J connectivity index is 2.73. The fourth-order valence-electron chi connectivity index (χ4n) is 1.65. The largest absolute Gasteiger partial charge is 0.465 e. The van der Waals surface area contributed by atoms with Gasteiger partial charge in [-0.3, -0.25) is 0 Å². The van der Waals surface area contributed by atoms with Gasteiger partial charge in [-0.25, -0.2) is 18.7 Å². The molecule has 0 aliphatic carbocycles. The molecule has 0 fully saturated rings. The van der Waals surface area contributed by atoms with Crippen LogP contribution >= 0.6 is 23.2 Å². The van der Waals surface area contributed by atoms with Gasteiger partial charge in [-0.15, -0.1) is 4.98 Å². The minimum atomic E-state index is -0.763. The standard InChI is InChI=1S/C12H11Cl2N3O3/c1-3-20-11-15-10(18)17(12(19)16(11)2)9-5-4-7(13)6-8(9)14/h4-6H,3H2,1-2H3. The fourth-order valence-corrected chi connectivity index (χ4v) is 2.14. The van der Waals surface area contributed by atoms with Crippen LogP contribution in [0.25, 0.3) is 5.69 Å². The molecular formula is C12H11Cl2N3O3. The number of hydrogen-bond acceptors (Lipinski definition) is 4. The van der Waals surface area contributed by atoms with E-state index in [1.54, 1.807) is 6.92 Å². The van der Waals surface area contributed by atoms with E-state index >= 15 is 0 Å². The molecule has 20 heavy (non-hydrogen) atoms. The van der Waals surface area contributed by atoms with Crippen molar-refractivity contribution in [3.05, 3.63) is 49.2 Å². The summed E-state index contributed by atoms with van der Waals surface area (Å²) >= 11 is 11.8. The van der Waals surface area contributed by atoms with Gasteiger partial charge in [0.1, 0.15) is 0 Å². The molecule has 0 spiro atoms. The molecule has 0 amide bonds. The molecule has 6 nitrogen and oxygen atoms in total. The summed E-state index contributed by atoms with van der Waals surface area (Å²) in [6, 6.07) is 4.42. The highest BCUT2D eigenvalue weighted by atomic mass is 35.5. The molecule has 2 aromatic rings. The van der Waals surface area contributed by atoms with Gasteiger partial charge >= 0.3 is 17.4 Å². The third-order valence-corrected chi connectivity index (χ3v) is 3.11. The molecular weight excluding hydrogens is 305 g/mol. The Morgan fingerprint density at radius 2 is 2.00 bits per heavy atom. The Kier molecular flexibility index (Phi) is 4.15. The molecule has 0 unspecified atom stereocenters. The Morgan fingerprint density at radius 1 is 1.30 bits per heavy atom. The molecule has 0 aliphatic heterocycles. The predicted octanol–water partition coefficient (Wildman–Crippen LogP) is 1.64. The Morgan fingerprint density at radius 3 is 2.60 bits per heavy atom. The zero-order valence-electron chi connectivity index (χ0n) is 10.8. The number of halogens is 2. The van der Waals surface area contributed by atoms with Crippen LogP contribution in [0.1, 0.15) is 6.92 Å². The Hall–Kier alpha value is -1.79.